The number of para-hydroxylation sites is 2. The molecule has 0 fully saturated rings. The van der Waals surface area contributed by atoms with Crippen molar-refractivity contribution in [3.63, 3.8) is 0 Å². The molecule has 2 atom stereocenters. The first-order chi connectivity index (χ1) is 13.3. The second-order valence-electron chi connectivity index (χ2n) is 7.20. The van der Waals surface area contributed by atoms with E-state index in [-0.39, 0.29) is 12.1 Å². The molecule has 0 bridgehead atoms. The highest BCUT2D eigenvalue weighted by atomic mass is 16.5. The lowest BCUT2D eigenvalue weighted by Crippen LogP contribution is -2.04. The smallest absolute Gasteiger partial charge is 0.218 e. The van der Waals surface area contributed by atoms with Gasteiger partial charge in [-0.25, -0.2) is 9.98 Å². The molecular formula is C22H23N3O2. The zero-order valence-corrected chi connectivity index (χ0v) is 15.7. The Kier molecular flexibility index (Phi) is 3.88. The number of rotatable bonds is 4. The second-order valence-corrected chi connectivity index (χ2v) is 7.20. The summed E-state index contributed by atoms with van der Waals surface area (Å²) in [6.07, 6.45) is 1.98. The van der Waals surface area contributed by atoms with Crippen LogP contribution in [0.15, 0.2) is 46.4 Å². The zero-order valence-electron chi connectivity index (χ0n) is 15.7. The van der Waals surface area contributed by atoms with Crippen molar-refractivity contribution in [3.8, 4) is 0 Å². The average Bonchev–Trinajstić information content (AvgIpc) is 3.44. The Morgan fingerprint density at radius 2 is 1.30 bits per heavy atom. The molecule has 27 heavy (non-hydrogen) atoms. The van der Waals surface area contributed by atoms with Crippen LogP contribution in [0.2, 0.25) is 0 Å². The number of ether oxygens (including phenoxy) is 2. The lowest BCUT2D eigenvalue weighted by atomic mass is 10.1. The van der Waals surface area contributed by atoms with E-state index in [1.165, 1.54) is 10.8 Å². The third-order valence-electron chi connectivity index (χ3n) is 5.50. The third kappa shape index (κ3) is 2.60. The number of hydrogen-bond donors (Lipinski definition) is 1. The first-order valence-corrected chi connectivity index (χ1v) is 9.73. The van der Waals surface area contributed by atoms with E-state index in [0.29, 0.717) is 13.2 Å². The van der Waals surface area contributed by atoms with Gasteiger partial charge in [0.2, 0.25) is 11.8 Å². The van der Waals surface area contributed by atoms with Crippen LogP contribution in [0, 0.1) is 0 Å². The van der Waals surface area contributed by atoms with Crippen molar-refractivity contribution in [3.05, 3.63) is 47.5 Å². The fourth-order valence-electron chi connectivity index (χ4n) is 3.85. The fraction of sp³-hybridized carbons (Fsp3) is 0.364. The maximum Gasteiger partial charge on any atom is 0.218 e. The largest absolute Gasteiger partial charge is 0.475 e. The zero-order chi connectivity index (χ0) is 18.4. The number of aliphatic imine (C=N–C) groups is 2. The Morgan fingerprint density at radius 1 is 0.815 bits per heavy atom. The van der Waals surface area contributed by atoms with Crippen molar-refractivity contribution in [2.75, 3.05) is 13.2 Å². The molecule has 1 N–H and O–H groups in total. The highest BCUT2D eigenvalue weighted by Gasteiger charge is 2.24. The van der Waals surface area contributed by atoms with Gasteiger partial charge in [-0.05, 0) is 25.0 Å². The van der Waals surface area contributed by atoms with Crippen molar-refractivity contribution >= 4 is 33.6 Å². The third-order valence-corrected chi connectivity index (χ3v) is 5.50. The summed E-state index contributed by atoms with van der Waals surface area (Å²) in [5, 5.41) is 2.34. The quantitative estimate of drug-likeness (QED) is 0.747. The molecule has 0 saturated heterocycles. The lowest BCUT2D eigenvalue weighted by Gasteiger charge is -2.03. The van der Waals surface area contributed by atoms with Gasteiger partial charge in [0, 0.05) is 10.8 Å². The molecule has 2 aliphatic rings. The summed E-state index contributed by atoms with van der Waals surface area (Å²) < 4.78 is 11.8. The first-order valence-electron chi connectivity index (χ1n) is 9.73. The van der Waals surface area contributed by atoms with Crippen LogP contribution >= 0.6 is 0 Å². The number of H-pyrrole nitrogens is 1. The maximum absolute atomic E-state index is 5.89. The Hall–Kier alpha value is -2.82. The van der Waals surface area contributed by atoms with Gasteiger partial charge >= 0.3 is 0 Å². The molecular weight excluding hydrogens is 338 g/mol. The summed E-state index contributed by atoms with van der Waals surface area (Å²) in [6.45, 7) is 5.61. The van der Waals surface area contributed by atoms with Crippen molar-refractivity contribution in [2.45, 2.75) is 38.8 Å². The molecule has 0 aliphatic carbocycles. The molecule has 2 aromatic carbocycles. The average molecular weight is 361 g/mol. The highest BCUT2D eigenvalue weighted by Crippen LogP contribution is 2.32. The van der Waals surface area contributed by atoms with Gasteiger partial charge in [0.05, 0.1) is 34.2 Å². The van der Waals surface area contributed by atoms with E-state index in [2.05, 4.69) is 55.2 Å². The number of fused-ring (bicyclic) bond motifs is 3. The summed E-state index contributed by atoms with van der Waals surface area (Å²) >= 11 is 0. The Balaban J connectivity index is 1.69. The predicted octanol–water partition coefficient (Wildman–Crippen LogP) is 4.43. The molecule has 0 radical (unpaired) electrons. The van der Waals surface area contributed by atoms with Crippen LogP contribution < -0.4 is 0 Å². The molecule has 0 spiro atoms. The second kappa shape index (κ2) is 6.41. The van der Waals surface area contributed by atoms with Gasteiger partial charge in [0.25, 0.3) is 0 Å². The minimum absolute atomic E-state index is 0.252. The molecule has 0 saturated carbocycles. The molecule has 138 valence electrons. The molecule has 3 aromatic rings. The number of nitrogens with one attached hydrogen (secondary N) is 1. The normalized spacial score (nSPS) is 22.0. The Labute approximate surface area is 158 Å². The van der Waals surface area contributed by atoms with E-state index in [1.807, 2.05) is 0 Å². The summed E-state index contributed by atoms with van der Waals surface area (Å²) in [5.74, 6) is 1.47. The first kappa shape index (κ1) is 16.4. The molecule has 3 heterocycles. The van der Waals surface area contributed by atoms with Gasteiger partial charge in [0.1, 0.15) is 13.2 Å². The van der Waals surface area contributed by atoms with Gasteiger partial charge < -0.3 is 14.5 Å². The summed E-state index contributed by atoms with van der Waals surface area (Å²) in [5.41, 5.74) is 4.15. The predicted molar refractivity (Wildman–Crippen MR) is 109 cm³/mol. The lowest BCUT2D eigenvalue weighted by molar-refractivity contribution is 0.315. The van der Waals surface area contributed by atoms with Gasteiger partial charge in [0.15, 0.2) is 0 Å². The molecule has 0 amide bonds. The van der Waals surface area contributed by atoms with Crippen LogP contribution in [0.25, 0.3) is 21.8 Å². The number of hydrogen-bond acceptors (Lipinski definition) is 4. The standard InChI is InChI=1S/C22H23N3O2/c1-3-13-11-26-21(23-13)17-9-5-7-15-16-8-6-10-18(20(16)25-19(15)17)22-24-14(4-2)12-27-22/h5-10,13-14,25H,3-4,11-12H2,1-2H3. The van der Waals surface area contributed by atoms with Crippen LogP contribution in [0.3, 0.4) is 0 Å². The molecule has 2 aliphatic heterocycles. The summed E-state index contributed by atoms with van der Waals surface area (Å²) in [4.78, 5) is 13.1. The van der Waals surface area contributed by atoms with Crippen LogP contribution in [0.1, 0.15) is 37.8 Å². The monoisotopic (exact) mass is 361 g/mol. The van der Waals surface area contributed by atoms with E-state index in [4.69, 9.17) is 19.5 Å². The van der Waals surface area contributed by atoms with Crippen LogP contribution in [-0.2, 0) is 9.47 Å². The van der Waals surface area contributed by atoms with E-state index >= 15 is 0 Å². The molecule has 1 aromatic heterocycles. The van der Waals surface area contributed by atoms with Crippen LogP contribution in [0.4, 0.5) is 0 Å². The van der Waals surface area contributed by atoms with Gasteiger partial charge in [-0.2, -0.15) is 0 Å². The number of nitrogens with zero attached hydrogens (tertiary/aromatic N) is 2. The fourth-order valence-corrected chi connectivity index (χ4v) is 3.85. The van der Waals surface area contributed by atoms with E-state index in [0.717, 1.165) is 46.8 Å². The number of benzene rings is 2. The Bertz CT molecular complexity index is 996. The minimum atomic E-state index is 0.252. The van der Waals surface area contributed by atoms with Crippen LogP contribution in [-0.4, -0.2) is 42.1 Å². The molecule has 5 rings (SSSR count). The number of aromatic amines is 1. The Morgan fingerprint density at radius 3 is 1.70 bits per heavy atom. The van der Waals surface area contributed by atoms with E-state index in [9.17, 15) is 0 Å². The van der Waals surface area contributed by atoms with Crippen molar-refractivity contribution in [1.82, 2.24) is 4.98 Å². The SMILES string of the molecule is CCC1COC(c2cccc3c2[nH]c2c(C4=NC(CC)CO4)cccc23)=N1. The van der Waals surface area contributed by atoms with Gasteiger partial charge in [-0.3, -0.25) is 0 Å². The summed E-state index contributed by atoms with van der Waals surface area (Å²) in [6, 6.07) is 13.1. The van der Waals surface area contributed by atoms with Crippen molar-refractivity contribution in [1.29, 1.82) is 0 Å². The molecule has 5 nitrogen and oxygen atoms in total. The molecule has 5 heteroatoms. The maximum atomic E-state index is 5.89. The highest BCUT2D eigenvalue weighted by molar-refractivity contribution is 6.19. The number of aromatic nitrogens is 1. The van der Waals surface area contributed by atoms with Crippen molar-refractivity contribution < 1.29 is 9.47 Å². The molecule has 2 unspecified atom stereocenters. The van der Waals surface area contributed by atoms with Gasteiger partial charge in [-0.1, -0.05) is 38.1 Å². The van der Waals surface area contributed by atoms with Crippen LogP contribution in [0.5, 0.6) is 0 Å². The van der Waals surface area contributed by atoms with E-state index < -0.39 is 0 Å². The van der Waals surface area contributed by atoms with Gasteiger partial charge in [-0.15, -0.1) is 0 Å². The minimum Gasteiger partial charge on any atom is -0.475 e. The topological polar surface area (TPSA) is 59.0 Å². The van der Waals surface area contributed by atoms with E-state index in [1.54, 1.807) is 0 Å². The van der Waals surface area contributed by atoms with Crippen molar-refractivity contribution in [2.24, 2.45) is 9.98 Å². The summed E-state index contributed by atoms with van der Waals surface area (Å²) in [7, 11) is 0.